The molecule has 1 aromatic carbocycles. The van der Waals surface area contributed by atoms with Gasteiger partial charge in [0.2, 0.25) is 0 Å². The average molecular weight is 393 g/mol. The van der Waals surface area contributed by atoms with E-state index < -0.39 is 0 Å². The van der Waals surface area contributed by atoms with Gasteiger partial charge in [-0.3, -0.25) is 9.97 Å². The van der Waals surface area contributed by atoms with Gasteiger partial charge >= 0.3 is 0 Å². The monoisotopic (exact) mass is 392 g/mol. The van der Waals surface area contributed by atoms with E-state index in [0.717, 1.165) is 82.8 Å². The zero-order chi connectivity index (χ0) is 21.1. The molecule has 0 aliphatic carbocycles. The van der Waals surface area contributed by atoms with Gasteiger partial charge in [-0.15, -0.1) is 12.8 Å². The third-order valence-electron chi connectivity index (χ3n) is 5.38. The number of unbranched alkanes of at least 4 members (excludes halogenated alkanes) is 2. The minimum atomic E-state index is 0.383. The first-order valence-corrected chi connectivity index (χ1v) is 10.6. The number of hydrogen-bond acceptors (Lipinski definition) is 4. The van der Waals surface area contributed by atoms with E-state index in [-0.39, 0.29) is 0 Å². The van der Waals surface area contributed by atoms with Gasteiger partial charge in [0.25, 0.3) is 0 Å². The van der Waals surface area contributed by atoms with Gasteiger partial charge < -0.3 is 0 Å². The predicted molar refractivity (Wildman–Crippen MR) is 123 cm³/mol. The Kier molecular flexibility index (Phi) is 5.59. The van der Waals surface area contributed by atoms with Crippen molar-refractivity contribution in [2.24, 2.45) is 0 Å². The summed E-state index contributed by atoms with van der Waals surface area (Å²) in [6.07, 6.45) is 17.6. The Morgan fingerprint density at radius 2 is 1.03 bits per heavy atom. The Bertz CT molecular complexity index is 1230. The van der Waals surface area contributed by atoms with Crippen molar-refractivity contribution in [2.45, 2.75) is 52.4 Å². The fraction of sp³-hybridized carbons (Fsp3) is 0.308. The van der Waals surface area contributed by atoms with Crippen LogP contribution in [0.5, 0.6) is 0 Å². The van der Waals surface area contributed by atoms with Crippen LogP contribution in [0.1, 0.15) is 62.3 Å². The van der Waals surface area contributed by atoms with E-state index in [1.807, 2.05) is 0 Å². The van der Waals surface area contributed by atoms with E-state index in [2.05, 4.69) is 50.0 Å². The van der Waals surface area contributed by atoms with Crippen LogP contribution in [0.25, 0.3) is 32.8 Å². The second-order valence-electron chi connectivity index (χ2n) is 7.51. The van der Waals surface area contributed by atoms with E-state index in [0.29, 0.717) is 11.4 Å². The molecule has 4 aromatic rings. The van der Waals surface area contributed by atoms with Gasteiger partial charge in [0, 0.05) is 22.2 Å². The van der Waals surface area contributed by atoms with Crippen molar-refractivity contribution in [3.05, 3.63) is 47.0 Å². The molecule has 4 heteroatoms. The van der Waals surface area contributed by atoms with Crippen LogP contribution < -0.4 is 0 Å². The third kappa shape index (κ3) is 3.46. The summed E-state index contributed by atoms with van der Waals surface area (Å²) in [5.74, 6) is 5.14. The van der Waals surface area contributed by atoms with E-state index in [1.165, 1.54) is 0 Å². The summed E-state index contributed by atoms with van der Waals surface area (Å²) in [6, 6.07) is 8.27. The maximum absolute atomic E-state index is 5.64. The highest BCUT2D eigenvalue weighted by atomic mass is 14.8. The molecule has 0 spiro atoms. The van der Waals surface area contributed by atoms with Gasteiger partial charge in [0.1, 0.15) is 22.4 Å². The second kappa shape index (κ2) is 8.47. The van der Waals surface area contributed by atoms with Crippen molar-refractivity contribution >= 4 is 32.8 Å². The molecule has 0 N–H and O–H groups in total. The lowest BCUT2D eigenvalue weighted by Crippen LogP contribution is -2.01. The van der Waals surface area contributed by atoms with Crippen LogP contribution in [0.3, 0.4) is 0 Å². The largest absolute Gasteiger partial charge is 0.250 e. The van der Waals surface area contributed by atoms with E-state index in [4.69, 9.17) is 32.8 Å². The molecule has 30 heavy (non-hydrogen) atoms. The third-order valence-corrected chi connectivity index (χ3v) is 5.38. The van der Waals surface area contributed by atoms with Crippen LogP contribution in [-0.2, 0) is 12.8 Å². The average Bonchev–Trinajstić information content (AvgIpc) is 2.80. The molecule has 0 atom stereocenters. The maximum Gasteiger partial charge on any atom is 0.148 e. The number of pyridine rings is 2. The van der Waals surface area contributed by atoms with Crippen molar-refractivity contribution in [3.63, 3.8) is 0 Å². The quantitative estimate of drug-likeness (QED) is 0.327. The molecule has 4 nitrogen and oxygen atoms in total. The number of rotatable bonds is 6. The molecular formula is C26H24N4. The summed E-state index contributed by atoms with van der Waals surface area (Å²) in [5, 5.41) is 1.82. The number of aryl methyl sites for hydroxylation is 2. The van der Waals surface area contributed by atoms with Gasteiger partial charge in [-0.1, -0.05) is 26.7 Å². The van der Waals surface area contributed by atoms with Gasteiger partial charge in [-0.05, 0) is 61.8 Å². The Morgan fingerprint density at radius 3 is 1.40 bits per heavy atom. The number of fused-ring (bicyclic) bond motifs is 6. The number of benzene rings is 1. The highest BCUT2D eigenvalue weighted by Crippen LogP contribution is 2.32. The molecule has 0 aliphatic rings. The van der Waals surface area contributed by atoms with Crippen molar-refractivity contribution in [2.75, 3.05) is 0 Å². The zero-order valence-corrected chi connectivity index (χ0v) is 17.5. The number of terminal acetylenes is 2. The Hall–Kier alpha value is -3.50. The molecule has 0 amide bonds. The minimum absolute atomic E-state index is 0.383. The zero-order valence-electron chi connectivity index (χ0n) is 17.5. The molecule has 0 radical (unpaired) electrons. The molecule has 0 bridgehead atoms. The van der Waals surface area contributed by atoms with Gasteiger partial charge in [0.15, 0.2) is 0 Å². The highest BCUT2D eigenvalue weighted by Gasteiger charge is 2.16. The summed E-state index contributed by atoms with van der Waals surface area (Å²) in [4.78, 5) is 19.4. The van der Waals surface area contributed by atoms with Crippen molar-refractivity contribution in [1.29, 1.82) is 0 Å². The second-order valence-corrected chi connectivity index (χ2v) is 7.51. The summed E-state index contributed by atoms with van der Waals surface area (Å²) >= 11 is 0. The molecular weight excluding hydrogens is 368 g/mol. The fourth-order valence-electron chi connectivity index (χ4n) is 3.75. The molecule has 0 fully saturated rings. The summed E-state index contributed by atoms with van der Waals surface area (Å²) in [7, 11) is 0. The maximum atomic E-state index is 5.64. The predicted octanol–water partition coefficient (Wildman–Crippen LogP) is 5.37. The number of aromatic nitrogens is 4. The summed E-state index contributed by atoms with van der Waals surface area (Å²) in [5.41, 5.74) is 6.06. The normalized spacial score (nSPS) is 11.1. The smallest absolute Gasteiger partial charge is 0.148 e. The molecule has 3 aromatic heterocycles. The molecule has 0 saturated carbocycles. The van der Waals surface area contributed by atoms with Gasteiger partial charge in [-0.2, -0.15) is 0 Å². The first-order chi connectivity index (χ1) is 14.7. The van der Waals surface area contributed by atoms with Crippen LogP contribution in [0.2, 0.25) is 0 Å². The molecule has 0 saturated heterocycles. The minimum Gasteiger partial charge on any atom is -0.250 e. The van der Waals surface area contributed by atoms with Crippen LogP contribution in [0.15, 0.2) is 24.3 Å². The molecule has 3 heterocycles. The fourth-order valence-corrected chi connectivity index (χ4v) is 3.75. The first-order valence-electron chi connectivity index (χ1n) is 10.6. The Labute approximate surface area is 177 Å². The van der Waals surface area contributed by atoms with Crippen LogP contribution in [-0.4, -0.2) is 19.9 Å². The van der Waals surface area contributed by atoms with Crippen molar-refractivity contribution in [1.82, 2.24) is 19.9 Å². The van der Waals surface area contributed by atoms with Crippen LogP contribution >= 0.6 is 0 Å². The van der Waals surface area contributed by atoms with Crippen LogP contribution in [0.4, 0.5) is 0 Å². The lowest BCUT2D eigenvalue weighted by molar-refractivity contribution is 0.778. The highest BCUT2D eigenvalue weighted by molar-refractivity contribution is 6.20. The Morgan fingerprint density at radius 1 is 0.633 bits per heavy atom. The SMILES string of the molecule is C#Cc1nc2c3ccc(CCCC)nc3c3nc(CCCC)ccc3c2nc1C#C. The molecule has 4 rings (SSSR count). The topological polar surface area (TPSA) is 51.6 Å². The standard InChI is InChI=1S/C26H24N4/c1-5-9-11-17-13-15-19-23(27-17)24-20(16-14-18(28-24)12-10-6-2)26-25(19)29-21(7-3)22(8-4)30-26/h3-4,13-16H,5-6,9-12H2,1-2H3. The summed E-state index contributed by atoms with van der Waals surface area (Å²) < 4.78 is 0. The molecule has 148 valence electrons. The summed E-state index contributed by atoms with van der Waals surface area (Å²) in [6.45, 7) is 4.37. The van der Waals surface area contributed by atoms with E-state index in [9.17, 15) is 0 Å². The van der Waals surface area contributed by atoms with E-state index >= 15 is 0 Å². The van der Waals surface area contributed by atoms with Gasteiger partial charge in [-0.25, -0.2) is 9.97 Å². The van der Waals surface area contributed by atoms with Crippen LogP contribution in [0, 0.1) is 24.7 Å². The first kappa shape index (κ1) is 19.8. The number of hydrogen-bond donors (Lipinski definition) is 0. The van der Waals surface area contributed by atoms with Gasteiger partial charge in [0.05, 0.1) is 11.0 Å². The molecule has 0 aliphatic heterocycles. The Balaban J connectivity index is 2.10. The lowest BCUT2D eigenvalue weighted by Gasteiger charge is -2.11. The molecule has 0 unspecified atom stereocenters. The van der Waals surface area contributed by atoms with E-state index in [1.54, 1.807) is 0 Å². The lowest BCUT2D eigenvalue weighted by atomic mass is 10.0. The number of nitrogens with zero attached hydrogens (tertiary/aromatic N) is 4. The van der Waals surface area contributed by atoms with Crippen molar-refractivity contribution in [3.8, 4) is 24.7 Å². The van der Waals surface area contributed by atoms with Crippen molar-refractivity contribution < 1.29 is 0 Å².